The normalized spacial score (nSPS) is 13.6. The summed E-state index contributed by atoms with van der Waals surface area (Å²) in [4.78, 5) is 0. The van der Waals surface area contributed by atoms with Crippen LogP contribution in [-0.4, -0.2) is 37.9 Å². The van der Waals surface area contributed by atoms with Crippen molar-refractivity contribution in [3.63, 3.8) is 0 Å². The van der Waals surface area contributed by atoms with E-state index < -0.39 is 11.7 Å². The van der Waals surface area contributed by atoms with Crippen molar-refractivity contribution in [2.45, 2.75) is 25.4 Å². The number of fused-ring (bicyclic) bond motifs is 1. The molecule has 2 aromatic carbocycles. The molecule has 0 spiro atoms. The number of hydrogen-bond donors (Lipinski definition) is 0. The maximum absolute atomic E-state index is 13.5. The first-order valence-electron chi connectivity index (χ1n) is 11.0. The minimum Gasteiger partial charge on any atom is -0.499 e. The standard InChI is InChI=1S/C26H29F3O3S/c1-2-30-13-14-31-15-17-33-18-16-32-25-12-6-8-21-19-20(7-5-10-23(21)25)22-9-3-4-11-24(22)26(27,28)29/h2-4,6,8-9,11-12,19H,1,5,7,10,13-18H2. The molecule has 0 aromatic heterocycles. The van der Waals surface area contributed by atoms with Crippen molar-refractivity contribution in [1.29, 1.82) is 0 Å². The first-order chi connectivity index (χ1) is 16.0. The second-order valence-corrected chi connectivity index (χ2v) is 8.73. The Labute approximate surface area is 197 Å². The third kappa shape index (κ3) is 7.57. The molecule has 0 heterocycles. The second kappa shape index (κ2) is 12.8. The molecule has 7 heteroatoms. The Hall–Kier alpha value is -2.38. The molecule has 0 saturated carbocycles. The highest BCUT2D eigenvalue weighted by molar-refractivity contribution is 7.99. The van der Waals surface area contributed by atoms with E-state index in [0.717, 1.165) is 47.3 Å². The third-order valence-corrected chi connectivity index (χ3v) is 6.18. The van der Waals surface area contributed by atoms with E-state index in [0.29, 0.717) is 38.4 Å². The van der Waals surface area contributed by atoms with Crippen molar-refractivity contribution in [3.8, 4) is 5.75 Å². The van der Waals surface area contributed by atoms with E-state index in [-0.39, 0.29) is 5.56 Å². The first kappa shape index (κ1) is 25.2. The summed E-state index contributed by atoms with van der Waals surface area (Å²) in [7, 11) is 0. The van der Waals surface area contributed by atoms with E-state index in [1.165, 1.54) is 12.3 Å². The van der Waals surface area contributed by atoms with Gasteiger partial charge in [-0.2, -0.15) is 24.9 Å². The van der Waals surface area contributed by atoms with Gasteiger partial charge in [0.25, 0.3) is 0 Å². The van der Waals surface area contributed by atoms with Crippen LogP contribution >= 0.6 is 11.8 Å². The van der Waals surface area contributed by atoms with Crippen LogP contribution in [0.15, 0.2) is 55.3 Å². The molecule has 178 valence electrons. The molecule has 0 unspecified atom stereocenters. The quantitative estimate of drug-likeness (QED) is 0.246. The fourth-order valence-electron chi connectivity index (χ4n) is 3.78. The van der Waals surface area contributed by atoms with Crippen LogP contribution in [0.1, 0.15) is 35.1 Å². The highest BCUT2D eigenvalue weighted by Gasteiger charge is 2.33. The van der Waals surface area contributed by atoms with E-state index in [9.17, 15) is 13.2 Å². The van der Waals surface area contributed by atoms with Gasteiger partial charge in [-0.05, 0) is 48.1 Å². The number of thioether (sulfide) groups is 1. The zero-order chi connectivity index (χ0) is 23.5. The maximum Gasteiger partial charge on any atom is 0.416 e. The van der Waals surface area contributed by atoms with Gasteiger partial charge in [-0.3, -0.25) is 0 Å². The van der Waals surface area contributed by atoms with Crippen LogP contribution in [0.5, 0.6) is 5.75 Å². The Morgan fingerprint density at radius 2 is 1.76 bits per heavy atom. The number of alkyl halides is 3. The Balaban J connectivity index is 1.59. The van der Waals surface area contributed by atoms with Crippen LogP contribution < -0.4 is 4.74 Å². The molecule has 0 N–H and O–H groups in total. The Morgan fingerprint density at radius 3 is 2.58 bits per heavy atom. The van der Waals surface area contributed by atoms with Crippen LogP contribution in [0.2, 0.25) is 0 Å². The minimum atomic E-state index is -4.38. The molecule has 33 heavy (non-hydrogen) atoms. The highest BCUT2D eigenvalue weighted by atomic mass is 32.2. The lowest BCUT2D eigenvalue weighted by Gasteiger charge is -2.15. The van der Waals surface area contributed by atoms with Crippen LogP contribution in [0.3, 0.4) is 0 Å². The minimum absolute atomic E-state index is 0.263. The van der Waals surface area contributed by atoms with E-state index >= 15 is 0 Å². The number of hydrogen-bond acceptors (Lipinski definition) is 4. The molecule has 3 rings (SSSR count). The largest absolute Gasteiger partial charge is 0.499 e. The van der Waals surface area contributed by atoms with Crippen LogP contribution in [0, 0.1) is 0 Å². The van der Waals surface area contributed by atoms with Gasteiger partial charge in [0.15, 0.2) is 0 Å². The van der Waals surface area contributed by atoms with Gasteiger partial charge in [0.1, 0.15) is 12.4 Å². The van der Waals surface area contributed by atoms with Crippen molar-refractivity contribution in [3.05, 3.63) is 77.6 Å². The van der Waals surface area contributed by atoms with Gasteiger partial charge >= 0.3 is 6.18 Å². The summed E-state index contributed by atoms with van der Waals surface area (Å²) in [6, 6.07) is 11.6. The van der Waals surface area contributed by atoms with Gasteiger partial charge in [0, 0.05) is 17.1 Å². The Bertz CT molecular complexity index is 941. The topological polar surface area (TPSA) is 27.7 Å². The molecule has 2 aromatic rings. The molecule has 0 aliphatic heterocycles. The number of rotatable bonds is 12. The van der Waals surface area contributed by atoms with Crippen molar-refractivity contribution >= 4 is 23.4 Å². The molecule has 0 saturated heterocycles. The summed E-state index contributed by atoms with van der Waals surface area (Å²) in [6.45, 7) is 5.74. The third-order valence-electron chi connectivity index (χ3n) is 5.27. The van der Waals surface area contributed by atoms with Crippen molar-refractivity contribution < 1.29 is 27.4 Å². The van der Waals surface area contributed by atoms with Crippen molar-refractivity contribution in [1.82, 2.24) is 0 Å². The molecule has 0 fully saturated rings. The lowest BCUT2D eigenvalue weighted by atomic mass is 9.95. The summed E-state index contributed by atoms with van der Waals surface area (Å²) in [5, 5.41) is 0. The average molecular weight is 479 g/mol. The maximum atomic E-state index is 13.5. The van der Waals surface area contributed by atoms with Crippen molar-refractivity contribution in [2.75, 3.05) is 37.9 Å². The molecular formula is C26H29F3O3S. The van der Waals surface area contributed by atoms with Gasteiger partial charge in [0.2, 0.25) is 0 Å². The van der Waals surface area contributed by atoms with E-state index in [2.05, 4.69) is 6.58 Å². The van der Waals surface area contributed by atoms with E-state index in [1.54, 1.807) is 23.9 Å². The molecule has 0 radical (unpaired) electrons. The summed E-state index contributed by atoms with van der Waals surface area (Å²) < 4.78 is 57.0. The molecule has 3 nitrogen and oxygen atoms in total. The lowest BCUT2D eigenvalue weighted by molar-refractivity contribution is -0.137. The van der Waals surface area contributed by atoms with E-state index in [1.807, 2.05) is 24.3 Å². The predicted molar refractivity (Wildman–Crippen MR) is 128 cm³/mol. The van der Waals surface area contributed by atoms with E-state index in [4.69, 9.17) is 14.2 Å². The fourth-order valence-corrected chi connectivity index (χ4v) is 4.42. The van der Waals surface area contributed by atoms with Gasteiger partial charge in [-0.25, -0.2) is 0 Å². The summed E-state index contributed by atoms with van der Waals surface area (Å²) in [6.07, 6.45) is 1.05. The highest BCUT2D eigenvalue weighted by Crippen LogP contribution is 2.39. The van der Waals surface area contributed by atoms with Gasteiger partial charge in [-0.15, -0.1) is 0 Å². The monoisotopic (exact) mass is 478 g/mol. The predicted octanol–water partition coefficient (Wildman–Crippen LogP) is 6.87. The number of benzene rings is 2. The summed E-state index contributed by atoms with van der Waals surface area (Å²) in [5.41, 5.74) is 2.39. The SMILES string of the molecule is C=COCCOCCSCCOc1cccc2c1CCCC(c1ccccc1C(F)(F)F)=C2. The van der Waals surface area contributed by atoms with Crippen molar-refractivity contribution in [2.24, 2.45) is 0 Å². The number of allylic oxidation sites excluding steroid dienone is 1. The molecule has 0 bridgehead atoms. The molecule has 0 atom stereocenters. The van der Waals surface area contributed by atoms with Crippen LogP contribution in [-0.2, 0) is 22.1 Å². The number of halogens is 3. The fraction of sp³-hybridized carbons (Fsp3) is 0.385. The second-order valence-electron chi connectivity index (χ2n) is 7.50. The van der Waals surface area contributed by atoms with Gasteiger partial charge < -0.3 is 14.2 Å². The Morgan fingerprint density at radius 1 is 0.939 bits per heavy atom. The van der Waals surface area contributed by atoms with Crippen LogP contribution in [0.4, 0.5) is 13.2 Å². The molecule has 1 aliphatic rings. The molecular weight excluding hydrogens is 449 g/mol. The number of ether oxygens (including phenoxy) is 3. The smallest absolute Gasteiger partial charge is 0.416 e. The van der Waals surface area contributed by atoms with Gasteiger partial charge in [-0.1, -0.05) is 43.0 Å². The lowest BCUT2D eigenvalue weighted by Crippen LogP contribution is -2.08. The average Bonchev–Trinajstić information content (AvgIpc) is 3.03. The first-order valence-corrected chi connectivity index (χ1v) is 12.2. The zero-order valence-electron chi connectivity index (χ0n) is 18.5. The molecule has 1 aliphatic carbocycles. The molecule has 0 amide bonds. The summed E-state index contributed by atoms with van der Waals surface area (Å²) in [5.74, 6) is 2.51. The summed E-state index contributed by atoms with van der Waals surface area (Å²) >= 11 is 1.75. The Kier molecular flexibility index (Phi) is 9.76. The zero-order valence-corrected chi connectivity index (χ0v) is 19.4. The van der Waals surface area contributed by atoms with Gasteiger partial charge in [0.05, 0.1) is 31.6 Å². The van der Waals surface area contributed by atoms with Crippen LogP contribution in [0.25, 0.3) is 11.6 Å².